The average Bonchev–Trinajstić information content (AvgIpc) is 2.98. The summed E-state index contributed by atoms with van der Waals surface area (Å²) in [7, 11) is 0. The maximum atomic E-state index is 12.2. The first-order valence-corrected chi connectivity index (χ1v) is 7.28. The number of benzene rings is 1. The first-order valence-electron chi connectivity index (χ1n) is 7.28. The highest BCUT2D eigenvalue weighted by atomic mass is 16.3. The molecule has 0 aliphatic heterocycles. The van der Waals surface area contributed by atoms with Gasteiger partial charge in [-0.1, -0.05) is 13.8 Å². The van der Waals surface area contributed by atoms with Crippen molar-refractivity contribution in [1.29, 1.82) is 0 Å². The third kappa shape index (κ3) is 3.92. The van der Waals surface area contributed by atoms with Gasteiger partial charge in [0.1, 0.15) is 12.7 Å². The van der Waals surface area contributed by atoms with E-state index in [0.717, 1.165) is 11.3 Å². The van der Waals surface area contributed by atoms with Crippen molar-refractivity contribution in [2.45, 2.75) is 27.2 Å². The van der Waals surface area contributed by atoms with Crippen molar-refractivity contribution in [3.05, 3.63) is 42.0 Å². The summed E-state index contributed by atoms with van der Waals surface area (Å²) >= 11 is 0. The zero-order chi connectivity index (χ0) is 16.2. The number of hydrogen-bond donors (Lipinski definition) is 2. The van der Waals surface area contributed by atoms with Crippen molar-refractivity contribution in [1.82, 2.24) is 20.1 Å². The molecule has 0 fully saturated rings. The normalized spacial score (nSPS) is 11.5. The topological polar surface area (TPSA) is 80.0 Å². The van der Waals surface area contributed by atoms with Gasteiger partial charge in [-0.05, 0) is 42.5 Å². The Morgan fingerprint density at radius 2 is 2.18 bits per heavy atom. The Kier molecular flexibility index (Phi) is 4.92. The number of aliphatic hydroxyl groups is 1. The van der Waals surface area contributed by atoms with E-state index in [4.69, 9.17) is 5.11 Å². The van der Waals surface area contributed by atoms with Crippen LogP contribution in [-0.2, 0) is 0 Å². The number of rotatable bonds is 6. The Balaban J connectivity index is 2.07. The summed E-state index contributed by atoms with van der Waals surface area (Å²) < 4.78 is 1.67. The van der Waals surface area contributed by atoms with E-state index in [1.165, 1.54) is 6.33 Å². The molecule has 118 valence electrons. The van der Waals surface area contributed by atoms with E-state index in [9.17, 15) is 4.79 Å². The minimum Gasteiger partial charge on any atom is -0.396 e. The number of amides is 1. The highest BCUT2D eigenvalue weighted by Crippen LogP contribution is 2.19. The number of nitrogens with one attached hydrogen (secondary N) is 1. The van der Waals surface area contributed by atoms with E-state index in [1.54, 1.807) is 17.1 Å². The Bertz CT molecular complexity index is 636. The molecule has 0 saturated heterocycles. The van der Waals surface area contributed by atoms with Crippen LogP contribution in [0, 0.1) is 12.3 Å². The summed E-state index contributed by atoms with van der Waals surface area (Å²) in [6, 6.07) is 5.47. The van der Waals surface area contributed by atoms with Gasteiger partial charge in [-0.15, -0.1) is 0 Å². The third-order valence-electron chi connectivity index (χ3n) is 3.64. The Morgan fingerprint density at radius 3 is 2.77 bits per heavy atom. The molecule has 0 radical (unpaired) electrons. The molecule has 22 heavy (non-hydrogen) atoms. The zero-order valence-electron chi connectivity index (χ0n) is 13.2. The quantitative estimate of drug-likeness (QED) is 0.851. The van der Waals surface area contributed by atoms with E-state index in [1.807, 2.05) is 32.9 Å². The van der Waals surface area contributed by atoms with Gasteiger partial charge in [-0.2, -0.15) is 5.10 Å². The second kappa shape index (κ2) is 6.70. The maximum absolute atomic E-state index is 12.2. The van der Waals surface area contributed by atoms with Crippen molar-refractivity contribution in [2.24, 2.45) is 5.41 Å². The van der Waals surface area contributed by atoms with Crippen LogP contribution in [0.15, 0.2) is 30.9 Å². The molecule has 2 rings (SSSR count). The van der Waals surface area contributed by atoms with Gasteiger partial charge in [-0.25, -0.2) is 9.67 Å². The molecule has 1 aromatic carbocycles. The summed E-state index contributed by atoms with van der Waals surface area (Å²) in [5.74, 6) is -0.112. The van der Waals surface area contributed by atoms with E-state index >= 15 is 0 Å². The average molecular weight is 302 g/mol. The summed E-state index contributed by atoms with van der Waals surface area (Å²) in [5.41, 5.74) is 2.34. The van der Waals surface area contributed by atoms with Crippen molar-refractivity contribution in [2.75, 3.05) is 13.2 Å². The number of aromatic nitrogens is 3. The van der Waals surface area contributed by atoms with Gasteiger partial charge in [0, 0.05) is 18.7 Å². The maximum Gasteiger partial charge on any atom is 0.251 e. The van der Waals surface area contributed by atoms with Crippen LogP contribution >= 0.6 is 0 Å². The van der Waals surface area contributed by atoms with Crippen LogP contribution in [0.4, 0.5) is 0 Å². The lowest BCUT2D eigenvalue weighted by molar-refractivity contribution is 0.0928. The van der Waals surface area contributed by atoms with Crippen LogP contribution in [0.1, 0.15) is 36.2 Å². The van der Waals surface area contributed by atoms with Crippen molar-refractivity contribution in [3.63, 3.8) is 0 Å². The van der Waals surface area contributed by atoms with Gasteiger partial charge in [0.05, 0.1) is 5.69 Å². The molecule has 1 heterocycles. The predicted molar refractivity (Wildman–Crippen MR) is 83.9 cm³/mol. The van der Waals surface area contributed by atoms with Crippen LogP contribution in [0.3, 0.4) is 0 Å². The van der Waals surface area contributed by atoms with E-state index in [0.29, 0.717) is 18.5 Å². The predicted octanol–water partition coefficient (Wildman–Crippen LogP) is 1.71. The second-order valence-electron chi connectivity index (χ2n) is 6.16. The van der Waals surface area contributed by atoms with Crippen LogP contribution in [0.5, 0.6) is 0 Å². The standard InChI is InChI=1S/C16H22N4O2/c1-12-8-13(4-5-14(12)20-11-17-10-19-20)15(22)18-9-16(2,3)6-7-21/h4-5,8,10-11,21H,6-7,9H2,1-3H3,(H,18,22). The summed E-state index contributed by atoms with van der Waals surface area (Å²) in [5, 5.41) is 16.0. The Morgan fingerprint density at radius 1 is 1.41 bits per heavy atom. The summed E-state index contributed by atoms with van der Waals surface area (Å²) in [4.78, 5) is 16.2. The molecule has 6 heteroatoms. The van der Waals surface area contributed by atoms with E-state index in [-0.39, 0.29) is 17.9 Å². The molecule has 2 aromatic rings. The highest BCUT2D eigenvalue weighted by molar-refractivity contribution is 5.94. The lowest BCUT2D eigenvalue weighted by Gasteiger charge is -2.23. The van der Waals surface area contributed by atoms with Gasteiger partial charge in [0.25, 0.3) is 5.91 Å². The van der Waals surface area contributed by atoms with Crippen LogP contribution < -0.4 is 5.32 Å². The number of aliphatic hydroxyl groups excluding tert-OH is 1. The molecule has 0 atom stereocenters. The number of aryl methyl sites for hydroxylation is 1. The molecule has 2 N–H and O–H groups in total. The van der Waals surface area contributed by atoms with Crippen LogP contribution in [0.25, 0.3) is 5.69 Å². The Hall–Kier alpha value is -2.21. The SMILES string of the molecule is Cc1cc(C(=O)NCC(C)(C)CCO)ccc1-n1cncn1. The third-order valence-corrected chi connectivity index (χ3v) is 3.64. The summed E-state index contributed by atoms with van der Waals surface area (Å²) in [6.07, 6.45) is 3.75. The molecular formula is C16H22N4O2. The van der Waals surface area contributed by atoms with Gasteiger partial charge in [-0.3, -0.25) is 4.79 Å². The van der Waals surface area contributed by atoms with Gasteiger partial charge in [0.2, 0.25) is 0 Å². The molecular weight excluding hydrogens is 280 g/mol. The molecule has 0 unspecified atom stereocenters. The molecule has 0 aliphatic rings. The lowest BCUT2D eigenvalue weighted by atomic mass is 9.89. The van der Waals surface area contributed by atoms with Gasteiger partial charge >= 0.3 is 0 Å². The highest BCUT2D eigenvalue weighted by Gasteiger charge is 2.18. The molecule has 0 spiro atoms. The summed E-state index contributed by atoms with van der Waals surface area (Å²) in [6.45, 7) is 6.61. The molecule has 1 amide bonds. The number of hydrogen-bond acceptors (Lipinski definition) is 4. The fourth-order valence-corrected chi connectivity index (χ4v) is 2.20. The van der Waals surface area contributed by atoms with Crippen molar-refractivity contribution < 1.29 is 9.90 Å². The lowest BCUT2D eigenvalue weighted by Crippen LogP contribution is -2.34. The van der Waals surface area contributed by atoms with Gasteiger partial charge < -0.3 is 10.4 Å². The Labute approximate surface area is 130 Å². The van der Waals surface area contributed by atoms with Crippen LogP contribution in [0.2, 0.25) is 0 Å². The van der Waals surface area contributed by atoms with Gasteiger partial charge in [0.15, 0.2) is 0 Å². The number of carbonyl (C=O) groups excluding carboxylic acids is 1. The van der Waals surface area contributed by atoms with E-state index in [2.05, 4.69) is 15.4 Å². The van der Waals surface area contributed by atoms with Crippen LogP contribution in [-0.4, -0.2) is 38.9 Å². The number of nitrogens with zero attached hydrogens (tertiary/aromatic N) is 3. The molecule has 1 aromatic heterocycles. The smallest absolute Gasteiger partial charge is 0.251 e. The number of carbonyl (C=O) groups is 1. The van der Waals surface area contributed by atoms with Crippen molar-refractivity contribution >= 4 is 5.91 Å². The first kappa shape index (κ1) is 16.2. The fourth-order valence-electron chi connectivity index (χ4n) is 2.20. The minimum atomic E-state index is -0.125. The first-order chi connectivity index (χ1) is 10.4. The fraction of sp³-hybridized carbons (Fsp3) is 0.438. The van der Waals surface area contributed by atoms with Crippen molar-refractivity contribution in [3.8, 4) is 5.69 Å². The molecule has 6 nitrogen and oxygen atoms in total. The molecule has 0 saturated carbocycles. The minimum absolute atomic E-state index is 0.112. The molecule has 0 aliphatic carbocycles. The molecule has 0 bridgehead atoms. The monoisotopic (exact) mass is 302 g/mol. The largest absolute Gasteiger partial charge is 0.396 e. The second-order valence-corrected chi connectivity index (χ2v) is 6.16. The van der Waals surface area contributed by atoms with E-state index < -0.39 is 0 Å². The zero-order valence-corrected chi connectivity index (χ0v) is 13.2.